The number of rotatable bonds is 10. The van der Waals surface area contributed by atoms with Gasteiger partial charge in [-0.25, -0.2) is 0 Å². The molecule has 0 aliphatic carbocycles. The summed E-state index contributed by atoms with van der Waals surface area (Å²) in [6, 6.07) is 0. The summed E-state index contributed by atoms with van der Waals surface area (Å²) in [5.74, 6) is -0.0181. The van der Waals surface area contributed by atoms with Crippen molar-refractivity contribution >= 4 is 14.0 Å². The predicted molar refractivity (Wildman–Crippen MR) is 69.3 cm³/mol. The van der Waals surface area contributed by atoms with Crippen LogP contribution in [0.3, 0.4) is 0 Å². The molecule has 1 unspecified atom stereocenters. The average Bonchev–Trinajstić information content (AvgIpc) is 2.26. The maximum Gasteiger partial charge on any atom is 0.317 e. The Balaban J connectivity index is 4.71. The zero-order chi connectivity index (χ0) is 13.3. The van der Waals surface area contributed by atoms with Crippen LogP contribution in [0.25, 0.3) is 0 Å². The van der Waals surface area contributed by atoms with Crippen LogP contribution < -0.4 is 0 Å². The molecule has 0 saturated heterocycles. The van der Waals surface area contributed by atoms with Crippen molar-refractivity contribution in [3.8, 4) is 0 Å². The maximum atomic E-state index is 12.2. The van der Waals surface area contributed by atoms with Gasteiger partial charge in [0.2, 0.25) is 0 Å². The molecule has 4 nitrogen and oxygen atoms in total. The molecule has 0 radical (unpaired) electrons. The largest absolute Gasteiger partial charge is 0.326 e. The third kappa shape index (κ3) is 5.80. The highest BCUT2D eigenvalue weighted by Crippen LogP contribution is 2.36. The van der Waals surface area contributed by atoms with Crippen LogP contribution in [0.15, 0.2) is 0 Å². The van der Waals surface area contributed by atoms with E-state index in [0.717, 1.165) is 38.5 Å². The number of carbonyl (C=O) groups excluding carboxylic acids is 1. The van der Waals surface area contributed by atoms with Crippen molar-refractivity contribution in [2.24, 2.45) is 5.41 Å². The summed E-state index contributed by atoms with van der Waals surface area (Å²) in [4.78, 5) is 20.8. The summed E-state index contributed by atoms with van der Waals surface area (Å²) in [6.07, 6.45) is 5.34. The molecule has 1 atom stereocenters. The molecule has 0 bridgehead atoms. The number of carbonyl (C=O) groups is 1. The molecule has 17 heavy (non-hydrogen) atoms. The first kappa shape index (κ1) is 16.8. The van der Waals surface area contributed by atoms with Crippen molar-refractivity contribution in [1.29, 1.82) is 0 Å². The normalized spacial score (nSPS) is 13.6. The number of Topliss-reactive ketones (excluding diaryl/α,β-unsaturated/α-hetero) is 1. The number of ketones is 1. The van der Waals surface area contributed by atoms with E-state index in [4.69, 9.17) is 4.89 Å². The Hall–Kier alpha value is -0.180. The van der Waals surface area contributed by atoms with Crippen LogP contribution >= 0.6 is 8.25 Å². The van der Waals surface area contributed by atoms with Crippen LogP contribution in [-0.2, 0) is 13.9 Å². The Morgan fingerprint density at radius 3 is 1.82 bits per heavy atom. The molecule has 0 saturated carbocycles. The van der Waals surface area contributed by atoms with E-state index in [1.54, 1.807) is 0 Å². The van der Waals surface area contributed by atoms with Crippen molar-refractivity contribution in [3.63, 3.8) is 0 Å². The zero-order valence-corrected chi connectivity index (χ0v) is 12.1. The van der Waals surface area contributed by atoms with Gasteiger partial charge in [-0.15, -0.1) is 0 Å². The summed E-state index contributed by atoms with van der Waals surface area (Å²) >= 11 is 0. The van der Waals surface area contributed by atoms with Crippen molar-refractivity contribution in [3.05, 3.63) is 0 Å². The van der Waals surface area contributed by atoms with E-state index in [1.165, 1.54) is 0 Å². The summed E-state index contributed by atoms with van der Waals surface area (Å²) in [6.45, 7) is 5.95. The second kappa shape index (κ2) is 8.84. The van der Waals surface area contributed by atoms with E-state index in [0.29, 0.717) is 0 Å². The van der Waals surface area contributed by atoms with Crippen LogP contribution in [0, 0.1) is 5.41 Å². The monoisotopic (exact) mass is 264 g/mol. The highest BCUT2D eigenvalue weighted by molar-refractivity contribution is 7.32. The van der Waals surface area contributed by atoms with Crippen molar-refractivity contribution in [1.82, 2.24) is 0 Å². The molecular formula is C12H25O4P. The molecule has 0 rings (SSSR count). The van der Waals surface area contributed by atoms with E-state index in [2.05, 4.69) is 25.3 Å². The summed E-state index contributed by atoms with van der Waals surface area (Å²) in [5.41, 5.74) is -0.352. The molecule has 0 aromatic heterocycles. The lowest BCUT2D eigenvalue weighted by molar-refractivity contribution is -0.132. The minimum atomic E-state index is -3.00. The Morgan fingerprint density at radius 1 is 1.12 bits per heavy atom. The van der Waals surface area contributed by atoms with Crippen LogP contribution in [-0.4, -0.2) is 17.3 Å². The van der Waals surface area contributed by atoms with Gasteiger partial charge >= 0.3 is 8.25 Å². The van der Waals surface area contributed by atoms with Crippen LogP contribution in [0.4, 0.5) is 0 Å². The van der Waals surface area contributed by atoms with Gasteiger partial charge in [0, 0.05) is 5.41 Å². The number of hydrogen-bond donors (Lipinski definition) is 1. The van der Waals surface area contributed by atoms with E-state index in [9.17, 15) is 9.36 Å². The molecular weight excluding hydrogens is 239 g/mol. The minimum Gasteiger partial charge on any atom is -0.326 e. The van der Waals surface area contributed by atoms with Crippen molar-refractivity contribution in [2.75, 3.05) is 6.61 Å². The highest BCUT2D eigenvalue weighted by atomic mass is 31.1. The lowest BCUT2D eigenvalue weighted by atomic mass is 9.72. The zero-order valence-electron chi connectivity index (χ0n) is 11.1. The molecule has 0 aliphatic rings. The van der Waals surface area contributed by atoms with Gasteiger partial charge in [0.1, 0.15) is 6.61 Å². The minimum absolute atomic E-state index is 0.0181. The van der Waals surface area contributed by atoms with Gasteiger partial charge in [0.15, 0.2) is 5.78 Å². The third-order valence-electron chi connectivity index (χ3n) is 3.10. The third-order valence-corrected chi connectivity index (χ3v) is 3.50. The molecule has 0 heterocycles. The first-order valence-electron chi connectivity index (χ1n) is 6.41. The Morgan fingerprint density at radius 2 is 1.53 bits per heavy atom. The van der Waals surface area contributed by atoms with Gasteiger partial charge in [0.05, 0.1) is 0 Å². The summed E-state index contributed by atoms with van der Waals surface area (Å²) in [7, 11) is -3.00. The van der Waals surface area contributed by atoms with Crippen LogP contribution in [0.1, 0.15) is 59.3 Å². The van der Waals surface area contributed by atoms with E-state index in [1.807, 2.05) is 0 Å². The highest BCUT2D eigenvalue weighted by Gasteiger charge is 2.35. The SMILES string of the molecule is CCCC(CCC)(CCC)C(=O)CO[PH](=O)O. The average molecular weight is 264 g/mol. The lowest BCUT2D eigenvalue weighted by Gasteiger charge is -2.31. The van der Waals surface area contributed by atoms with Crippen LogP contribution in [0.2, 0.25) is 0 Å². The van der Waals surface area contributed by atoms with E-state index in [-0.39, 0.29) is 17.8 Å². The Kier molecular flexibility index (Phi) is 8.75. The van der Waals surface area contributed by atoms with Gasteiger partial charge in [-0.3, -0.25) is 9.36 Å². The van der Waals surface area contributed by atoms with Gasteiger partial charge < -0.3 is 9.42 Å². The van der Waals surface area contributed by atoms with Gasteiger partial charge in [-0.05, 0) is 19.3 Å². The molecule has 1 N–H and O–H groups in total. The van der Waals surface area contributed by atoms with Gasteiger partial charge in [-0.1, -0.05) is 40.0 Å². The van der Waals surface area contributed by atoms with Crippen molar-refractivity contribution < 1.29 is 18.8 Å². The maximum absolute atomic E-state index is 12.2. The topological polar surface area (TPSA) is 63.6 Å². The Labute approximate surface area is 105 Å². The Bertz CT molecular complexity index is 236. The molecule has 5 heteroatoms. The summed E-state index contributed by atoms with van der Waals surface area (Å²) < 4.78 is 15.1. The number of hydrogen-bond acceptors (Lipinski definition) is 3. The first-order chi connectivity index (χ1) is 8.02. The fraction of sp³-hybridized carbons (Fsp3) is 0.917. The lowest BCUT2D eigenvalue weighted by Crippen LogP contribution is -2.33. The smallest absolute Gasteiger partial charge is 0.317 e. The first-order valence-corrected chi connectivity index (χ1v) is 7.67. The summed E-state index contributed by atoms with van der Waals surface area (Å²) in [5, 5.41) is 0. The molecule has 0 spiro atoms. The molecule has 0 aliphatic heterocycles. The fourth-order valence-electron chi connectivity index (χ4n) is 2.51. The van der Waals surface area contributed by atoms with Gasteiger partial charge in [0.25, 0.3) is 0 Å². The second-order valence-corrected chi connectivity index (χ2v) is 5.33. The standard InChI is InChI=1S/C12H25O4P/c1-4-7-12(8-5-2,9-6-3)11(13)10-16-17(14)15/h17H,4-10H2,1-3H3,(H,14,15). The quantitative estimate of drug-likeness (QED) is 0.615. The van der Waals surface area contributed by atoms with E-state index < -0.39 is 8.25 Å². The molecule has 0 amide bonds. The molecule has 0 fully saturated rings. The molecule has 0 aromatic rings. The molecule has 102 valence electrons. The predicted octanol–water partition coefficient (Wildman–Crippen LogP) is 3.34. The van der Waals surface area contributed by atoms with E-state index >= 15 is 0 Å². The van der Waals surface area contributed by atoms with Gasteiger partial charge in [-0.2, -0.15) is 0 Å². The van der Waals surface area contributed by atoms with Crippen LogP contribution in [0.5, 0.6) is 0 Å². The van der Waals surface area contributed by atoms with Crippen molar-refractivity contribution in [2.45, 2.75) is 59.3 Å². The second-order valence-electron chi connectivity index (χ2n) is 4.51. The molecule has 0 aromatic carbocycles. The fourth-order valence-corrected chi connectivity index (χ4v) is 2.76.